The summed E-state index contributed by atoms with van der Waals surface area (Å²) in [6, 6.07) is 14.0. The van der Waals surface area contributed by atoms with Crippen LogP contribution in [0.4, 0.5) is 11.4 Å². The second-order valence-electron chi connectivity index (χ2n) is 6.62. The maximum absolute atomic E-state index is 12.3. The van der Waals surface area contributed by atoms with Crippen LogP contribution in [0.15, 0.2) is 48.5 Å². The predicted molar refractivity (Wildman–Crippen MR) is 116 cm³/mol. The third kappa shape index (κ3) is 6.35. The molecule has 1 aliphatic heterocycles. The third-order valence-electron chi connectivity index (χ3n) is 4.50. The number of carbonyl (C=O) groups is 2. The van der Waals surface area contributed by atoms with Crippen molar-refractivity contribution in [2.45, 2.75) is 25.0 Å². The number of anilines is 2. The number of amides is 2. The van der Waals surface area contributed by atoms with Crippen LogP contribution in [-0.4, -0.2) is 44.3 Å². The molecule has 0 bridgehead atoms. The van der Waals surface area contributed by atoms with Gasteiger partial charge in [-0.25, -0.2) is 0 Å². The summed E-state index contributed by atoms with van der Waals surface area (Å²) in [6.45, 7) is 0.232. The molecule has 1 heterocycles. The van der Waals surface area contributed by atoms with Gasteiger partial charge in [-0.2, -0.15) is 0 Å². The Kier molecular flexibility index (Phi) is 8.91. The van der Waals surface area contributed by atoms with E-state index in [4.69, 9.17) is 19.9 Å². The molecule has 2 aromatic carbocycles. The molecule has 8 nitrogen and oxygen atoms in total. The van der Waals surface area contributed by atoms with Crippen molar-refractivity contribution in [1.29, 1.82) is 0 Å². The van der Waals surface area contributed by atoms with Crippen LogP contribution in [0, 0.1) is 0 Å². The standard InChI is InChI=1S/C21H25N3O5.ClH/c1-27-17-7-2-3-8-18(17)28-13-20(25)23-14-5-4-6-15(11-14)24-21(26)19-10-9-16(12-22)29-19;/h2-8,11,16,19H,9-10,12-13,22H2,1H3,(H,23,25)(H,24,26);1H/t16-,19+;/m1./s1. The average molecular weight is 436 g/mol. The van der Waals surface area contributed by atoms with Crippen LogP contribution in [-0.2, 0) is 14.3 Å². The Morgan fingerprint density at radius 3 is 2.43 bits per heavy atom. The molecule has 0 radical (unpaired) electrons. The molecule has 1 aliphatic rings. The van der Waals surface area contributed by atoms with Gasteiger partial charge in [0, 0.05) is 17.9 Å². The Balaban J connectivity index is 0.00000320. The zero-order valence-corrected chi connectivity index (χ0v) is 17.4. The van der Waals surface area contributed by atoms with E-state index in [0.29, 0.717) is 35.8 Å². The van der Waals surface area contributed by atoms with E-state index in [1.807, 2.05) is 6.07 Å². The van der Waals surface area contributed by atoms with Crippen molar-refractivity contribution in [2.24, 2.45) is 5.73 Å². The van der Waals surface area contributed by atoms with Crippen LogP contribution in [0.3, 0.4) is 0 Å². The lowest BCUT2D eigenvalue weighted by atomic mass is 10.2. The maximum atomic E-state index is 12.3. The molecule has 1 fully saturated rings. The van der Waals surface area contributed by atoms with E-state index in [1.54, 1.807) is 42.5 Å². The molecule has 0 aromatic heterocycles. The topological polar surface area (TPSA) is 112 Å². The molecule has 30 heavy (non-hydrogen) atoms. The first kappa shape index (κ1) is 23.5. The molecule has 0 spiro atoms. The Hall–Kier alpha value is -2.81. The van der Waals surface area contributed by atoms with Gasteiger partial charge >= 0.3 is 0 Å². The van der Waals surface area contributed by atoms with Gasteiger partial charge in [0.1, 0.15) is 6.10 Å². The van der Waals surface area contributed by atoms with Gasteiger partial charge in [-0.1, -0.05) is 18.2 Å². The van der Waals surface area contributed by atoms with Crippen molar-refractivity contribution >= 4 is 35.6 Å². The Morgan fingerprint density at radius 1 is 1.07 bits per heavy atom. The number of rotatable bonds is 8. The molecule has 162 valence electrons. The summed E-state index contributed by atoms with van der Waals surface area (Å²) in [6.07, 6.45) is 0.844. The van der Waals surface area contributed by atoms with Crippen molar-refractivity contribution in [3.63, 3.8) is 0 Å². The van der Waals surface area contributed by atoms with Crippen molar-refractivity contribution in [2.75, 3.05) is 30.9 Å². The van der Waals surface area contributed by atoms with Gasteiger partial charge in [0.25, 0.3) is 11.8 Å². The summed E-state index contributed by atoms with van der Waals surface area (Å²) in [5.74, 6) is 0.489. The molecule has 1 saturated heterocycles. The smallest absolute Gasteiger partial charge is 0.262 e. The predicted octanol–water partition coefficient (Wildman–Crippen LogP) is 2.58. The number of ether oxygens (including phenoxy) is 3. The van der Waals surface area contributed by atoms with Crippen molar-refractivity contribution < 1.29 is 23.8 Å². The zero-order chi connectivity index (χ0) is 20.6. The average Bonchev–Trinajstić information content (AvgIpc) is 3.22. The van der Waals surface area contributed by atoms with Crippen molar-refractivity contribution in [1.82, 2.24) is 0 Å². The maximum Gasteiger partial charge on any atom is 0.262 e. The number of methoxy groups -OCH3 is 1. The first-order chi connectivity index (χ1) is 14.1. The number of para-hydroxylation sites is 2. The molecule has 2 aromatic rings. The second kappa shape index (κ2) is 11.4. The summed E-state index contributed by atoms with van der Waals surface area (Å²) in [7, 11) is 1.54. The lowest BCUT2D eigenvalue weighted by Crippen LogP contribution is -2.29. The first-order valence-electron chi connectivity index (χ1n) is 9.41. The van der Waals surface area contributed by atoms with E-state index in [1.165, 1.54) is 7.11 Å². The van der Waals surface area contributed by atoms with Crippen molar-refractivity contribution in [3.05, 3.63) is 48.5 Å². The number of benzene rings is 2. The van der Waals surface area contributed by atoms with E-state index in [9.17, 15) is 9.59 Å². The van der Waals surface area contributed by atoms with Crippen molar-refractivity contribution in [3.8, 4) is 11.5 Å². The molecular weight excluding hydrogens is 410 g/mol. The molecule has 2 atom stereocenters. The highest BCUT2D eigenvalue weighted by atomic mass is 35.5. The van der Waals surface area contributed by atoms with Gasteiger partial charge in [-0.05, 0) is 43.2 Å². The first-order valence-corrected chi connectivity index (χ1v) is 9.41. The number of hydrogen-bond acceptors (Lipinski definition) is 6. The Morgan fingerprint density at radius 2 is 1.77 bits per heavy atom. The highest BCUT2D eigenvalue weighted by molar-refractivity contribution is 5.96. The van der Waals surface area contributed by atoms with Gasteiger partial charge in [0.15, 0.2) is 18.1 Å². The normalized spacial score (nSPS) is 17.5. The van der Waals surface area contributed by atoms with Gasteiger partial charge in [-0.15, -0.1) is 12.4 Å². The molecule has 4 N–H and O–H groups in total. The Labute approximate surface area is 181 Å². The number of hydrogen-bond donors (Lipinski definition) is 3. The van der Waals surface area contributed by atoms with E-state index in [2.05, 4.69) is 10.6 Å². The minimum atomic E-state index is -0.504. The van der Waals surface area contributed by atoms with Crippen LogP contribution >= 0.6 is 12.4 Å². The van der Waals surface area contributed by atoms with E-state index in [-0.39, 0.29) is 36.9 Å². The molecule has 0 unspecified atom stereocenters. The van der Waals surface area contributed by atoms with Gasteiger partial charge in [-0.3, -0.25) is 9.59 Å². The van der Waals surface area contributed by atoms with Crippen LogP contribution in [0.2, 0.25) is 0 Å². The molecular formula is C21H26ClN3O5. The third-order valence-corrected chi connectivity index (χ3v) is 4.50. The summed E-state index contributed by atoms with van der Waals surface area (Å²) in [4.78, 5) is 24.5. The second-order valence-corrected chi connectivity index (χ2v) is 6.62. The Bertz CT molecular complexity index is 864. The van der Waals surface area contributed by atoms with Gasteiger partial charge in [0.05, 0.1) is 13.2 Å². The highest BCUT2D eigenvalue weighted by Crippen LogP contribution is 2.26. The van der Waals surface area contributed by atoms with Gasteiger partial charge < -0.3 is 30.6 Å². The number of halogens is 1. The zero-order valence-electron chi connectivity index (χ0n) is 16.6. The van der Waals surface area contributed by atoms with Crippen LogP contribution in [0.25, 0.3) is 0 Å². The van der Waals surface area contributed by atoms with E-state index >= 15 is 0 Å². The highest BCUT2D eigenvalue weighted by Gasteiger charge is 2.29. The fourth-order valence-electron chi connectivity index (χ4n) is 3.05. The summed E-state index contributed by atoms with van der Waals surface area (Å²) in [5.41, 5.74) is 6.69. The number of nitrogens with two attached hydrogens (primary N) is 1. The minimum Gasteiger partial charge on any atom is -0.493 e. The van der Waals surface area contributed by atoms with Crippen LogP contribution < -0.4 is 25.8 Å². The number of carbonyl (C=O) groups excluding carboxylic acids is 2. The largest absolute Gasteiger partial charge is 0.493 e. The van der Waals surface area contributed by atoms with E-state index < -0.39 is 6.10 Å². The minimum absolute atomic E-state index is 0. The number of nitrogens with one attached hydrogen (secondary N) is 2. The lowest BCUT2D eigenvalue weighted by molar-refractivity contribution is -0.126. The van der Waals surface area contributed by atoms with Gasteiger partial charge in [0.2, 0.25) is 0 Å². The van der Waals surface area contributed by atoms with E-state index in [0.717, 1.165) is 6.42 Å². The lowest BCUT2D eigenvalue weighted by Gasteiger charge is -2.14. The summed E-state index contributed by atoms with van der Waals surface area (Å²) in [5, 5.41) is 5.56. The quantitative estimate of drug-likeness (QED) is 0.587. The monoisotopic (exact) mass is 435 g/mol. The SMILES string of the molecule is COc1ccccc1OCC(=O)Nc1cccc(NC(=O)[C@@H]2CC[C@H](CN)O2)c1.Cl. The fraction of sp³-hybridized carbons (Fsp3) is 0.333. The fourth-order valence-corrected chi connectivity index (χ4v) is 3.05. The van der Waals surface area contributed by atoms with Crippen LogP contribution in [0.5, 0.6) is 11.5 Å². The molecule has 2 amide bonds. The molecule has 0 saturated carbocycles. The summed E-state index contributed by atoms with van der Waals surface area (Å²) >= 11 is 0. The molecule has 0 aliphatic carbocycles. The summed E-state index contributed by atoms with van der Waals surface area (Å²) < 4.78 is 16.3. The van der Waals surface area contributed by atoms with Crippen LogP contribution in [0.1, 0.15) is 12.8 Å². The molecule has 3 rings (SSSR count). The molecule has 9 heteroatoms.